The molecule has 0 spiro atoms. The third-order valence-electron chi connectivity index (χ3n) is 3.29. The van der Waals surface area contributed by atoms with E-state index in [1.54, 1.807) is 24.5 Å². The molecule has 20 heavy (non-hydrogen) atoms. The third-order valence-corrected chi connectivity index (χ3v) is 3.68. The largest absolute Gasteiger partial charge is 0.384 e. The molecular weight excluding hydrogens is 277 g/mol. The number of aliphatic hydroxyl groups excluding tert-OH is 1. The summed E-state index contributed by atoms with van der Waals surface area (Å²) in [6.45, 7) is 0. The fourth-order valence-corrected chi connectivity index (χ4v) is 2.51. The molecule has 0 saturated carbocycles. The lowest BCUT2D eigenvalue weighted by Crippen LogP contribution is -2.02. The second-order valence-electron chi connectivity index (χ2n) is 4.49. The maximum atomic E-state index is 13.5. The van der Waals surface area contributed by atoms with Crippen LogP contribution in [0.4, 0.5) is 4.39 Å². The Morgan fingerprint density at radius 2 is 1.80 bits per heavy atom. The summed E-state index contributed by atoms with van der Waals surface area (Å²) in [6, 6.07) is 11.8. The van der Waals surface area contributed by atoms with Gasteiger partial charge in [-0.15, -0.1) is 0 Å². The van der Waals surface area contributed by atoms with E-state index < -0.39 is 11.9 Å². The highest BCUT2D eigenvalue weighted by Crippen LogP contribution is 2.33. The number of hydrogen-bond donors (Lipinski definition) is 1. The zero-order chi connectivity index (χ0) is 14.1. The number of aromatic nitrogens is 1. The van der Waals surface area contributed by atoms with Gasteiger partial charge in [-0.25, -0.2) is 4.39 Å². The zero-order valence-corrected chi connectivity index (χ0v) is 11.2. The Kier molecular flexibility index (Phi) is 3.38. The molecule has 0 bridgehead atoms. The van der Waals surface area contributed by atoms with Gasteiger partial charge in [0.1, 0.15) is 11.9 Å². The minimum absolute atomic E-state index is 0.0499. The topological polar surface area (TPSA) is 33.1 Å². The van der Waals surface area contributed by atoms with Crippen LogP contribution < -0.4 is 0 Å². The molecule has 0 fully saturated rings. The standard InChI is InChI=1S/C16H11ClFNO/c17-15-13(5-2-6-14(15)18)16(20)12-4-1-3-10-9-19-8-7-11(10)12/h1-9,16,20H. The molecule has 1 aromatic heterocycles. The predicted molar refractivity (Wildman–Crippen MR) is 77.2 cm³/mol. The van der Waals surface area contributed by atoms with Gasteiger partial charge in [0.25, 0.3) is 0 Å². The van der Waals surface area contributed by atoms with Crippen molar-refractivity contribution in [2.24, 2.45) is 0 Å². The van der Waals surface area contributed by atoms with Crippen LogP contribution in [0.15, 0.2) is 54.9 Å². The quantitative estimate of drug-likeness (QED) is 0.769. The Bertz CT molecular complexity index is 770. The second kappa shape index (κ2) is 5.19. The number of fused-ring (bicyclic) bond motifs is 1. The van der Waals surface area contributed by atoms with Crippen LogP contribution in [0, 0.1) is 5.82 Å². The van der Waals surface area contributed by atoms with Gasteiger partial charge in [0, 0.05) is 23.3 Å². The summed E-state index contributed by atoms with van der Waals surface area (Å²) in [7, 11) is 0. The van der Waals surface area contributed by atoms with Crippen LogP contribution in [-0.4, -0.2) is 10.1 Å². The van der Waals surface area contributed by atoms with E-state index in [0.717, 1.165) is 10.8 Å². The van der Waals surface area contributed by atoms with Crippen LogP contribution in [0.5, 0.6) is 0 Å². The summed E-state index contributed by atoms with van der Waals surface area (Å²) in [6.07, 6.45) is 2.40. The lowest BCUT2D eigenvalue weighted by Gasteiger charge is -2.15. The molecule has 1 unspecified atom stereocenters. The maximum absolute atomic E-state index is 13.5. The summed E-state index contributed by atoms with van der Waals surface area (Å²) in [5, 5.41) is 12.3. The molecule has 4 heteroatoms. The van der Waals surface area contributed by atoms with Gasteiger partial charge in [-0.2, -0.15) is 0 Å². The van der Waals surface area contributed by atoms with E-state index in [4.69, 9.17) is 11.6 Å². The number of aliphatic hydroxyl groups is 1. The lowest BCUT2D eigenvalue weighted by molar-refractivity contribution is 0.221. The van der Waals surface area contributed by atoms with Crippen molar-refractivity contribution >= 4 is 22.4 Å². The van der Waals surface area contributed by atoms with Crippen molar-refractivity contribution in [2.75, 3.05) is 0 Å². The number of halogens is 2. The molecule has 0 amide bonds. The van der Waals surface area contributed by atoms with Gasteiger partial charge in [-0.3, -0.25) is 4.98 Å². The van der Waals surface area contributed by atoms with E-state index in [0.29, 0.717) is 11.1 Å². The minimum atomic E-state index is -0.982. The van der Waals surface area contributed by atoms with Crippen molar-refractivity contribution in [3.8, 4) is 0 Å². The normalized spacial score (nSPS) is 12.6. The average Bonchev–Trinajstić information content (AvgIpc) is 2.49. The molecule has 1 heterocycles. The van der Waals surface area contributed by atoms with Crippen LogP contribution in [0.3, 0.4) is 0 Å². The van der Waals surface area contributed by atoms with E-state index in [2.05, 4.69) is 4.98 Å². The highest BCUT2D eigenvalue weighted by molar-refractivity contribution is 6.31. The summed E-state index contributed by atoms with van der Waals surface area (Å²) >= 11 is 5.94. The molecule has 1 atom stereocenters. The van der Waals surface area contributed by atoms with Crippen LogP contribution in [0.25, 0.3) is 10.8 Å². The summed E-state index contributed by atoms with van der Waals surface area (Å²) in [5.41, 5.74) is 1.04. The fourth-order valence-electron chi connectivity index (χ4n) is 2.29. The first-order valence-corrected chi connectivity index (χ1v) is 6.51. The minimum Gasteiger partial charge on any atom is -0.384 e. The Hall–Kier alpha value is -1.97. The highest BCUT2D eigenvalue weighted by Gasteiger charge is 2.18. The zero-order valence-electron chi connectivity index (χ0n) is 10.4. The lowest BCUT2D eigenvalue weighted by atomic mass is 9.97. The Morgan fingerprint density at radius 3 is 2.65 bits per heavy atom. The first-order chi connectivity index (χ1) is 9.68. The van der Waals surface area contributed by atoms with E-state index in [-0.39, 0.29) is 5.02 Å². The number of hydrogen-bond acceptors (Lipinski definition) is 2. The first-order valence-electron chi connectivity index (χ1n) is 6.13. The van der Waals surface area contributed by atoms with Gasteiger partial charge in [-0.1, -0.05) is 41.9 Å². The van der Waals surface area contributed by atoms with Crippen molar-refractivity contribution in [2.45, 2.75) is 6.10 Å². The number of nitrogens with zero attached hydrogens (tertiary/aromatic N) is 1. The molecule has 100 valence electrons. The molecule has 1 N–H and O–H groups in total. The van der Waals surface area contributed by atoms with Crippen molar-refractivity contribution in [3.63, 3.8) is 0 Å². The van der Waals surface area contributed by atoms with Crippen LogP contribution in [0.1, 0.15) is 17.2 Å². The van der Waals surface area contributed by atoms with Gasteiger partial charge in [-0.05, 0) is 23.1 Å². The van der Waals surface area contributed by atoms with Crippen LogP contribution in [0.2, 0.25) is 5.02 Å². The fraction of sp³-hybridized carbons (Fsp3) is 0.0625. The summed E-state index contributed by atoms with van der Waals surface area (Å²) in [5.74, 6) is -0.537. The monoisotopic (exact) mass is 287 g/mol. The van der Waals surface area contributed by atoms with Crippen molar-refractivity contribution in [1.29, 1.82) is 0 Å². The number of rotatable bonds is 2. The second-order valence-corrected chi connectivity index (χ2v) is 4.87. The van der Waals surface area contributed by atoms with Gasteiger partial charge >= 0.3 is 0 Å². The van der Waals surface area contributed by atoms with Gasteiger partial charge in [0.2, 0.25) is 0 Å². The molecule has 3 aromatic rings. The van der Waals surface area contributed by atoms with Crippen LogP contribution >= 0.6 is 11.6 Å². The predicted octanol–water partition coefficient (Wildman–Crippen LogP) is 4.11. The Labute approximate surface area is 120 Å². The molecule has 0 aliphatic carbocycles. The van der Waals surface area contributed by atoms with E-state index >= 15 is 0 Å². The SMILES string of the molecule is OC(c1cccc(F)c1Cl)c1cccc2cnccc12. The molecule has 2 aromatic carbocycles. The Balaban J connectivity index is 2.18. The van der Waals surface area contributed by atoms with Gasteiger partial charge in [0.15, 0.2) is 0 Å². The summed E-state index contributed by atoms with van der Waals surface area (Å²) < 4.78 is 13.5. The third kappa shape index (κ3) is 2.15. The smallest absolute Gasteiger partial charge is 0.142 e. The molecule has 0 radical (unpaired) electrons. The summed E-state index contributed by atoms with van der Waals surface area (Å²) in [4.78, 5) is 4.05. The average molecular weight is 288 g/mol. The van der Waals surface area contributed by atoms with Crippen molar-refractivity contribution in [1.82, 2.24) is 4.98 Å². The molecule has 2 nitrogen and oxygen atoms in total. The highest BCUT2D eigenvalue weighted by atomic mass is 35.5. The van der Waals surface area contributed by atoms with Crippen molar-refractivity contribution in [3.05, 3.63) is 76.8 Å². The Morgan fingerprint density at radius 1 is 1.05 bits per heavy atom. The molecule has 3 rings (SSSR count). The maximum Gasteiger partial charge on any atom is 0.142 e. The van der Waals surface area contributed by atoms with Gasteiger partial charge < -0.3 is 5.11 Å². The molecule has 0 saturated heterocycles. The molecule has 0 aliphatic rings. The van der Waals surface area contributed by atoms with E-state index in [1.165, 1.54) is 12.1 Å². The van der Waals surface area contributed by atoms with E-state index in [9.17, 15) is 9.50 Å². The van der Waals surface area contributed by atoms with Crippen molar-refractivity contribution < 1.29 is 9.50 Å². The molecule has 0 aliphatic heterocycles. The number of pyridine rings is 1. The van der Waals surface area contributed by atoms with E-state index in [1.807, 2.05) is 18.2 Å². The number of benzene rings is 2. The van der Waals surface area contributed by atoms with Gasteiger partial charge in [0.05, 0.1) is 5.02 Å². The molecular formula is C16H11ClFNO. The first kappa shape index (κ1) is 13.0. The van der Waals surface area contributed by atoms with Crippen LogP contribution in [-0.2, 0) is 0 Å².